The lowest BCUT2D eigenvalue weighted by Gasteiger charge is -2.66. The maximum Gasteiger partial charge on any atom is 0.102 e. The van der Waals surface area contributed by atoms with Gasteiger partial charge in [0.25, 0.3) is 0 Å². The van der Waals surface area contributed by atoms with E-state index in [1.54, 1.807) is 0 Å². The van der Waals surface area contributed by atoms with Gasteiger partial charge in [-0.05, 0) is 27.8 Å². The van der Waals surface area contributed by atoms with Gasteiger partial charge in [-0.25, -0.2) is 0 Å². The Morgan fingerprint density at radius 3 is 2.19 bits per heavy atom. The first-order chi connectivity index (χ1) is 13.3. The van der Waals surface area contributed by atoms with Crippen molar-refractivity contribution in [3.05, 3.63) is 95.6 Å². The Labute approximate surface area is 159 Å². The molecular formula is C25H19NO. The summed E-state index contributed by atoms with van der Waals surface area (Å²) in [6.45, 7) is 1.35. The highest BCUT2D eigenvalue weighted by Crippen LogP contribution is 2.75. The third-order valence-electron chi connectivity index (χ3n) is 7.22. The Balaban J connectivity index is 1.73. The van der Waals surface area contributed by atoms with E-state index in [0.29, 0.717) is 12.5 Å². The lowest BCUT2D eigenvalue weighted by molar-refractivity contribution is 0.0321. The smallest absolute Gasteiger partial charge is 0.102 e. The van der Waals surface area contributed by atoms with Gasteiger partial charge < -0.3 is 4.74 Å². The van der Waals surface area contributed by atoms with Gasteiger partial charge in [0.2, 0.25) is 0 Å². The molecule has 2 aliphatic carbocycles. The van der Waals surface area contributed by atoms with Crippen molar-refractivity contribution >= 4 is 0 Å². The van der Waals surface area contributed by atoms with Crippen LogP contribution in [0.2, 0.25) is 0 Å². The normalized spacial score (nSPS) is 32.3. The zero-order chi connectivity index (χ0) is 18.1. The van der Waals surface area contributed by atoms with E-state index >= 15 is 0 Å². The largest absolute Gasteiger partial charge is 0.380 e. The number of fused-ring (bicyclic) bond motifs is 4. The number of nitrogens with zero attached hydrogens (tertiary/aromatic N) is 1. The summed E-state index contributed by atoms with van der Waals surface area (Å²) < 4.78 is 6.09. The van der Waals surface area contributed by atoms with E-state index in [1.807, 2.05) is 6.07 Å². The monoisotopic (exact) mass is 349 g/mol. The average molecular weight is 349 g/mol. The summed E-state index contributed by atoms with van der Waals surface area (Å²) in [5.74, 6) is 0.481. The quantitative estimate of drug-likeness (QED) is 0.631. The van der Waals surface area contributed by atoms with Crippen LogP contribution in [0.15, 0.2) is 78.9 Å². The van der Waals surface area contributed by atoms with Gasteiger partial charge in [-0.3, -0.25) is 0 Å². The van der Waals surface area contributed by atoms with Crippen LogP contribution in [0.5, 0.6) is 0 Å². The van der Waals surface area contributed by atoms with Crippen LogP contribution >= 0.6 is 0 Å². The molecule has 0 N–H and O–H groups in total. The minimum Gasteiger partial charge on any atom is -0.380 e. The van der Waals surface area contributed by atoms with Crippen LogP contribution in [0.1, 0.15) is 22.6 Å². The summed E-state index contributed by atoms with van der Waals surface area (Å²) in [5, 5.41) is 10.7. The Morgan fingerprint density at radius 1 is 0.815 bits per heavy atom. The van der Waals surface area contributed by atoms with Gasteiger partial charge >= 0.3 is 0 Å². The van der Waals surface area contributed by atoms with Crippen molar-refractivity contribution in [3.63, 3.8) is 0 Å². The molecule has 0 aromatic heterocycles. The summed E-state index contributed by atoms with van der Waals surface area (Å²) in [5.41, 5.74) is 5.34. The highest BCUT2D eigenvalue weighted by Gasteiger charge is 2.77. The maximum absolute atomic E-state index is 10.7. The number of hydrogen-bond donors (Lipinski definition) is 0. The van der Waals surface area contributed by atoms with E-state index in [0.717, 1.165) is 6.61 Å². The van der Waals surface area contributed by atoms with Crippen molar-refractivity contribution in [2.75, 3.05) is 13.2 Å². The molecule has 2 heteroatoms. The average Bonchev–Trinajstić information content (AvgIpc) is 3.09. The van der Waals surface area contributed by atoms with Gasteiger partial charge in [-0.2, -0.15) is 5.26 Å². The molecule has 130 valence electrons. The zero-order valence-corrected chi connectivity index (χ0v) is 14.9. The number of rotatable bonds is 1. The zero-order valence-electron chi connectivity index (χ0n) is 14.9. The predicted molar refractivity (Wildman–Crippen MR) is 104 cm³/mol. The molecule has 0 radical (unpaired) electrons. The second-order valence-electron chi connectivity index (χ2n) is 7.99. The van der Waals surface area contributed by atoms with Gasteiger partial charge in [-0.1, -0.05) is 78.9 Å². The molecule has 1 saturated carbocycles. The van der Waals surface area contributed by atoms with Crippen molar-refractivity contribution in [1.29, 1.82) is 5.26 Å². The number of ether oxygens (including phenoxy) is 1. The number of hydrogen-bond acceptors (Lipinski definition) is 2. The van der Waals surface area contributed by atoms with Crippen LogP contribution in [0.3, 0.4) is 0 Å². The van der Waals surface area contributed by atoms with E-state index in [1.165, 1.54) is 27.8 Å². The van der Waals surface area contributed by atoms with E-state index in [9.17, 15) is 5.26 Å². The van der Waals surface area contributed by atoms with Crippen molar-refractivity contribution in [3.8, 4) is 17.2 Å². The van der Waals surface area contributed by atoms with Gasteiger partial charge in [0.15, 0.2) is 0 Å². The van der Waals surface area contributed by atoms with Crippen LogP contribution < -0.4 is 0 Å². The summed E-state index contributed by atoms with van der Waals surface area (Å²) in [4.78, 5) is 0. The van der Waals surface area contributed by atoms with Crippen LogP contribution in [0, 0.1) is 17.2 Å². The first-order valence-electron chi connectivity index (χ1n) is 9.58. The minimum atomic E-state index is -0.583. The molecule has 1 heterocycles. The molecular weight excluding hydrogens is 330 g/mol. The van der Waals surface area contributed by atoms with Crippen molar-refractivity contribution < 1.29 is 4.74 Å². The third kappa shape index (κ3) is 1.53. The topological polar surface area (TPSA) is 33.0 Å². The SMILES string of the molecule is N#C[C@@]12c3ccccc3-c3ccccc3[C@@]13COC[C@H]3[C@@H]2c1ccccc1. The van der Waals surface area contributed by atoms with Crippen molar-refractivity contribution in [2.24, 2.45) is 5.92 Å². The van der Waals surface area contributed by atoms with E-state index in [-0.39, 0.29) is 11.3 Å². The van der Waals surface area contributed by atoms with Gasteiger partial charge in [0.05, 0.1) is 19.3 Å². The molecule has 3 aromatic rings. The third-order valence-corrected chi connectivity index (χ3v) is 7.22. The Hall–Kier alpha value is -2.89. The van der Waals surface area contributed by atoms with Crippen molar-refractivity contribution in [1.82, 2.24) is 0 Å². The predicted octanol–water partition coefficient (Wildman–Crippen LogP) is 4.81. The standard InChI is InChI=1S/C25H19NO/c26-15-24-20-12-6-4-10-18(20)19-11-5-7-13-21(19)25(24)16-27-14-22(25)23(24)17-8-2-1-3-9-17/h1-13,22-23H,14,16H2/t22-,23-,24-,25+/m0/s1. The lowest BCUT2D eigenvalue weighted by Crippen LogP contribution is -2.70. The fourth-order valence-electron chi connectivity index (χ4n) is 6.31. The fourth-order valence-corrected chi connectivity index (χ4v) is 6.31. The summed E-state index contributed by atoms with van der Waals surface area (Å²) >= 11 is 0. The lowest BCUT2D eigenvalue weighted by atomic mass is 9.33. The van der Waals surface area contributed by atoms with Gasteiger partial charge in [0, 0.05) is 17.3 Å². The highest BCUT2D eigenvalue weighted by molar-refractivity contribution is 5.82. The first kappa shape index (κ1) is 15.2. The Bertz CT molecular complexity index is 1100. The molecule has 3 aromatic carbocycles. The number of nitriles is 1. The molecule has 0 bridgehead atoms. The summed E-state index contributed by atoms with van der Waals surface area (Å²) in [6.07, 6.45) is 0. The summed E-state index contributed by atoms with van der Waals surface area (Å²) in [6, 6.07) is 30.5. The molecule has 1 spiro atoms. The minimum absolute atomic E-state index is 0.153. The number of benzene rings is 3. The molecule has 1 saturated heterocycles. The molecule has 6 rings (SSSR count). The maximum atomic E-state index is 10.7. The second-order valence-corrected chi connectivity index (χ2v) is 7.99. The molecule has 2 fully saturated rings. The highest BCUT2D eigenvalue weighted by atomic mass is 16.5. The van der Waals surface area contributed by atoms with Crippen LogP contribution in [-0.4, -0.2) is 13.2 Å². The van der Waals surface area contributed by atoms with Crippen LogP contribution in [-0.2, 0) is 15.6 Å². The van der Waals surface area contributed by atoms with Crippen LogP contribution in [0.4, 0.5) is 0 Å². The fraction of sp³-hybridized carbons (Fsp3) is 0.240. The molecule has 27 heavy (non-hydrogen) atoms. The van der Waals surface area contributed by atoms with Gasteiger partial charge in [0.1, 0.15) is 5.41 Å². The van der Waals surface area contributed by atoms with E-state index in [4.69, 9.17) is 4.74 Å². The molecule has 0 unspecified atom stereocenters. The second kappa shape index (κ2) is 5.09. The van der Waals surface area contributed by atoms with Gasteiger partial charge in [-0.15, -0.1) is 0 Å². The van der Waals surface area contributed by atoms with E-state index < -0.39 is 5.41 Å². The molecule has 0 amide bonds. The molecule has 1 aliphatic heterocycles. The molecule has 3 aliphatic rings. The molecule has 4 atom stereocenters. The summed E-state index contributed by atoms with van der Waals surface area (Å²) in [7, 11) is 0. The first-order valence-corrected chi connectivity index (χ1v) is 9.58. The molecule has 2 nitrogen and oxygen atoms in total. The Morgan fingerprint density at radius 2 is 1.44 bits per heavy atom. The van der Waals surface area contributed by atoms with Crippen molar-refractivity contribution in [2.45, 2.75) is 16.7 Å². The Kier molecular flexibility index (Phi) is 2.86. The van der Waals surface area contributed by atoms with Crippen LogP contribution in [0.25, 0.3) is 11.1 Å². The van der Waals surface area contributed by atoms with E-state index in [2.05, 4.69) is 78.9 Å².